The van der Waals surface area contributed by atoms with Crippen molar-refractivity contribution in [3.8, 4) is 5.75 Å². The summed E-state index contributed by atoms with van der Waals surface area (Å²) >= 11 is 0. The van der Waals surface area contributed by atoms with Crippen LogP contribution in [0.1, 0.15) is 45.3 Å². The van der Waals surface area contributed by atoms with Crippen LogP contribution in [0.25, 0.3) is 0 Å². The standard InChI is InChI=1S/C15H21F3O3/c1-4-14(5-2,20-6-3)13(19)11-9-7-8-10-12(11)21-15(16,17)18/h7-10,13,19H,4-6H2,1-3H3. The van der Waals surface area contributed by atoms with Crippen molar-refractivity contribution in [1.29, 1.82) is 0 Å². The predicted molar refractivity (Wildman–Crippen MR) is 73.0 cm³/mol. The average Bonchev–Trinajstić information content (AvgIpc) is 2.43. The lowest BCUT2D eigenvalue weighted by Crippen LogP contribution is -2.38. The highest BCUT2D eigenvalue weighted by Crippen LogP contribution is 2.40. The number of hydrogen-bond acceptors (Lipinski definition) is 3. The summed E-state index contributed by atoms with van der Waals surface area (Å²) in [6.07, 6.45) is -5.06. The second-order valence-corrected chi connectivity index (χ2v) is 4.69. The third kappa shape index (κ3) is 4.35. The number of alkyl halides is 3. The second kappa shape index (κ2) is 7.13. The first-order valence-corrected chi connectivity index (χ1v) is 6.96. The lowest BCUT2D eigenvalue weighted by atomic mass is 9.85. The van der Waals surface area contributed by atoms with E-state index < -0.39 is 23.8 Å². The molecule has 1 aromatic rings. The van der Waals surface area contributed by atoms with Crippen LogP contribution in [0.2, 0.25) is 0 Å². The van der Waals surface area contributed by atoms with Gasteiger partial charge in [0.15, 0.2) is 0 Å². The summed E-state index contributed by atoms with van der Waals surface area (Å²) in [6.45, 7) is 5.80. The summed E-state index contributed by atoms with van der Waals surface area (Å²) in [6, 6.07) is 5.60. The number of halogens is 3. The molecule has 0 radical (unpaired) electrons. The third-order valence-corrected chi connectivity index (χ3v) is 3.57. The SMILES string of the molecule is CCOC(CC)(CC)C(O)c1ccccc1OC(F)(F)F. The number of hydrogen-bond donors (Lipinski definition) is 1. The lowest BCUT2D eigenvalue weighted by Gasteiger charge is -2.37. The van der Waals surface area contributed by atoms with Gasteiger partial charge in [-0.05, 0) is 25.8 Å². The van der Waals surface area contributed by atoms with Crippen molar-refractivity contribution in [2.24, 2.45) is 0 Å². The smallest absolute Gasteiger partial charge is 0.405 e. The molecule has 0 saturated carbocycles. The minimum atomic E-state index is -4.80. The zero-order chi connectivity index (χ0) is 16.1. The van der Waals surface area contributed by atoms with Gasteiger partial charge in [0.2, 0.25) is 0 Å². The maximum absolute atomic E-state index is 12.5. The molecule has 6 heteroatoms. The molecule has 0 fully saturated rings. The highest BCUT2D eigenvalue weighted by molar-refractivity contribution is 5.36. The molecule has 1 aromatic carbocycles. The van der Waals surface area contributed by atoms with Crippen LogP contribution in [-0.2, 0) is 4.74 Å². The molecule has 1 unspecified atom stereocenters. The summed E-state index contributed by atoms with van der Waals surface area (Å²) in [5, 5.41) is 10.6. The van der Waals surface area contributed by atoms with Crippen molar-refractivity contribution < 1.29 is 27.8 Å². The molecular weight excluding hydrogens is 285 g/mol. The molecule has 0 bridgehead atoms. The average molecular weight is 306 g/mol. The van der Waals surface area contributed by atoms with Crippen LogP contribution >= 0.6 is 0 Å². The predicted octanol–water partition coefficient (Wildman–Crippen LogP) is 4.21. The topological polar surface area (TPSA) is 38.7 Å². The summed E-state index contributed by atoms with van der Waals surface area (Å²) < 4.78 is 47.0. The molecule has 0 aromatic heterocycles. The fraction of sp³-hybridized carbons (Fsp3) is 0.600. The van der Waals surface area contributed by atoms with Crippen molar-refractivity contribution in [3.63, 3.8) is 0 Å². The molecule has 0 heterocycles. The Kier molecular flexibility index (Phi) is 6.04. The first kappa shape index (κ1) is 17.8. The zero-order valence-corrected chi connectivity index (χ0v) is 12.4. The van der Waals surface area contributed by atoms with Crippen LogP contribution in [0.4, 0.5) is 13.2 Å². The minimum Gasteiger partial charge on any atom is -0.405 e. The Morgan fingerprint density at radius 3 is 2.14 bits per heavy atom. The summed E-state index contributed by atoms with van der Waals surface area (Å²) in [7, 11) is 0. The van der Waals surface area contributed by atoms with Crippen molar-refractivity contribution in [2.45, 2.75) is 51.7 Å². The molecule has 0 spiro atoms. The van der Waals surface area contributed by atoms with E-state index in [0.717, 1.165) is 0 Å². The maximum atomic E-state index is 12.5. The van der Waals surface area contributed by atoms with Crippen LogP contribution in [0.5, 0.6) is 5.75 Å². The van der Waals surface area contributed by atoms with Gasteiger partial charge in [0, 0.05) is 12.2 Å². The molecule has 120 valence electrons. The number of benzene rings is 1. The van der Waals surface area contributed by atoms with Crippen LogP contribution in [0.3, 0.4) is 0 Å². The van der Waals surface area contributed by atoms with Gasteiger partial charge in [0.1, 0.15) is 11.9 Å². The molecular formula is C15H21F3O3. The molecule has 0 aliphatic carbocycles. The fourth-order valence-electron chi connectivity index (χ4n) is 2.41. The van der Waals surface area contributed by atoms with E-state index in [1.54, 1.807) is 13.0 Å². The van der Waals surface area contributed by atoms with Crippen LogP contribution in [-0.4, -0.2) is 23.7 Å². The van der Waals surface area contributed by atoms with Crippen molar-refractivity contribution in [3.05, 3.63) is 29.8 Å². The number of aliphatic hydroxyl groups excluding tert-OH is 1. The van der Waals surface area contributed by atoms with E-state index >= 15 is 0 Å². The monoisotopic (exact) mass is 306 g/mol. The molecule has 0 amide bonds. The zero-order valence-electron chi connectivity index (χ0n) is 12.4. The Morgan fingerprint density at radius 1 is 1.10 bits per heavy atom. The maximum Gasteiger partial charge on any atom is 0.573 e. The Bertz CT molecular complexity index is 442. The summed E-state index contributed by atoms with van der Waals surface area (Å²) in [5.41, 5.74) is -0.855. The number of aliphatic hydroxyl groups is 1. The van der Waals surface area contributed by atoms with Gasteiger partial charge in [0.25, 0.3) is 0 Å². The van der Waals surface area contributed by atoms with E-state index in [4.69, 9.17) is 4.74 Å². The van der Waals surface area contributed by atoms with Crippen LogP contribution in [0.15, 0.2) is 24.3 Å². The number of para-hydroxylation sites is 1. The largest absolute Gasteiger partial charge is 0.573 e. The minimum absolute atomic E-state index is 0.0759. The lowest BCUT2D eigenvalue weighted by molar-refractivity contribution is -0.275. The Hall–Kier alpha value is -1.27. The molecule has 21 heavy (non-hydrogen) atoms. The molecule has 1 N–H and O–H groups in total. The molecule has 0 saturated heterocycles. The van der Waals surface area contributed by atoms with Crippen molar-refractivity contribution in [2.75, 3.05) is 6.61 Å². The summed E-state index contributed by atoms with van der Waals surface area (Å²) in [4.78, 5) is 0. The van der Waals surface area contributed by atoms with Gasteiger partial charge in [-0.25, -0.2) is 0 Å². The van der Waals surface area contributed by atoms with Crippen LogP contribution in [0, 0.1) is 0 Å². The highest BCUT2D eigenvalue weighted by Gasteiger charge is 2.39. The van der Waals surface area contributed by atoms with Gasteiger partial charge < -0.3 is 14.6 Å². The Labute approximate surface area is 122 Å². The number of ether oxygens (including phenoxy) is 2. The Morgan fingerprint density at radius 2 is 1.67 bits per heavy atom. The van der Waals surface area contributed by atoms with Gasteiger partial charge in [-0.15, -0.1) is 13.2 Å². The van der Waals surface area contributed by atoms with E-state index in [9.17, 15) is 18.3 Å². The molecule has 0 aliphatic heterocycles. The van der Waals surface area contributed by atoms with Crippen molar-refractivity contribution >= 4 is 0 Å². The van der Waals surface area contributed by atoms with E-state index in [1.807, 2.05) is 13.8 Å². The van der Waals surface area contributed by atoms with Gasteiger partial charge >= 0.3 is 6.36 Å². The first-order chi connectivity index (χ1) is 9.79. The Balaban J connectivity index is 3.19. The van der Waals surface area contributed by atoms with E-state index in [0.29, 0.717) is 19.4 Å². The highest BCUT2D eigenvalue weighted by atomic mass is 19.4. The second-order valence-electron chi connectivity index (χ2n) is 4.69. The molecule has 0 aliphatic rings. The van der Waals surface area contributed by atoms with Crippen LogP contribution < -0.4 is 4.74 Å². The van der Waals surface area contributed by atoms with Gasteiger partial charge in [0.05, 0.1) is 5.60 Å². The summed E-state index contributed by atoms with van der Waals surface area (Å²) in [5.74, 6) is -0.400. The van der Waals surface area contributed by atoms with E-state index in [1.165, 1.54) is 18.2 Å². The fourth-order valence-corrected chi connectivity index (χ4v) is 2.41. The first-order valence-electron chi connectivity index (χ1n) is 6.96. The van der Waals surface area contributed by atoms with Gasteiger partial charge in [-0.2, -0.15) is 0 Å². The quantitative estimate of drug-likeness (QED) is 0.820. The van der Waals surface area contributed by atoms with Gasteiger partial charge in [-0.3, -0.25) is 0 Å². The molecule has 3 nitrogen and oxygen atoms in total. The van der Waals surface area contributed by atoms with E-state index in [-0.39, 0.29) is 5.56 Å². The van der Waals surface area contributed by atoms with Crippen molar-refractivity contribution in [1.82, 2.24) is 0 Å². The van der Waals surface area contributed by atoms with E-state index in [2.05, 4.69) is 4.74 Å². The third-order valence-electron chi connectivity index (χ3n) is 3.57. The molecule has 1 rings (SSSR count). The van der Waals surface area contributed by atoms with Gasteiger partial charge in [-0.1, -0.05) is 32.0 Å². The molecule has 1 atom stereocenters. The number of rotatable bonds is 7. The normalized spacial score (nSPS) is 14.0.